The Morgan fingerprint density at radius 1 is 1.50 bits per heavy atom. The highest BCUT2D eigenvalue weighted by Crippen LogP contribution is 2.16. The third-order valence-corrected chi connectivity index (χ3v) is 2.15. The van der Waals surface area contributed by atoms with Gasteiger partial charge in [-0.15, -0.1) is 0 Å². The van der Waals surface area contributed by atoms with Crippen molar-refractivity contribution in [2.45, 2.75) is 20.3 Å². The first-order chi connectivity index (χ1) is 6.74. The van der Waals surface area contributed by atoms with Gasteiger partial charge in [0.15, 0.2) is 5.78 Å². The molecule has 0 N–H and O–H groups in total. The minimum atomic E-state index is 0.0891. The number of carbonyl (C=O) groups is 1. The van der Waals surface area contributed by atoms with E-state index in [1.54, 1.807) is 12.2 Å². The Kier molecular flexibility index (Phi) is 4.11. The van der Waals surface area contributed by atoms with Gasteiger partial charge in [-0.3, -0.25) is 4.79 Å². The number of rotatable bonds is 3. The minimum Gasteiger partial charge on any atom is -0.289 e. The fourth-order valence-electron chi connectivity index (χ4n) is 1.26. The number of allylic oxidation sites excluding steroid dienone is 8. The molecular formula is C13H16O. The summed E-state index contributed by atoms with van der Waals surface area (Å²) >= 11 is 0. The van der Waals surface area contributed by atoms with Crippen LogP contribution in [0.5, 0.6) is 0 Å². The van der Waals surface area contributed by atoms with Gasteiger partial charge < -0.3 is 0 Å². The Balaban J connectivity index is 2.59. The Morgan fingerprint density at radius 3 is 2.86 bits per heavy atom. The van der Waals surface area contributed by atoms with Crippen molar-refractivity contribution in [2.24, 2.45) is 5.92 Å². The molecule has 1 nitrogen and oxygen atoms in total. The van der Waals surface area contributed by atoms with Gasteiger partial charge in [0.05, 0.1) is 0 Å². The molecule has 0 radical (unpaired) electrons. The molecule has 0 saturated carbocycles. The summed E-state index contributed by atoms with van der Waals surface area (Å²) in [6, 6.07) is 0. The zero-order valence-electron chi connectivity index (χ0n) is 8.73. The molecule has 0 fully saturated rings. The predicted molar refractivity (Wildman–Crippen MR) is 60.0 cm³/mol. The van der Waals surface area contributed by atoms with E-state index in [0.717, 1.165) is 12.0 Å². The molecule has 0 aromatic heterocycles. The summed E-state index contributed by atoms with van der Waals surface area (Å²) in [5.41, 5.74) is 0.809. The first kappa shape index (κ1) is 10.7. The van der Waals surface area contributed by atoms with Crippen molar-refractivity contribution in [3.05, 3.63) is 48.1 Å². The average molecular weight is 188 g/mol. The summed E-state index contributed by atoms with van der Waals surface area (Å²) in [6.07, 6.45) is 14.1. The number of ketones is 1. The summed E-state index contributed by atoms with van der Waals surface area (Å²) < 4.78 is 0. The zero-order valence-corrected chi connectivity index (χ0v) is 8.73. The summed E-state index contributed by atoms with van der Waals surface area (Å²) in [7, 11) is 0. The quantitative estimate of drug-likeness (QED) is 0.491. The monoisotopic (exact) mass is 188 g/mol. The topological polar surface area (TPSA) is 17.1 Å². The largest absolute Gasteiger partial charge is 0.289 e. The highest BCUT2D eigenvalue weighted by Gasteiger charge is 2.07. The smallest absolute Gasteiger partial charge is 0.185 e. The summed E-state index contributed by atoms with van der Waals surface area (Å²) in [6.45, 7) is 4.07. The number of hydrogen-bond acceptors (Lipinski definition) is 1. The Bertz CT molecular complexity index is 316. The second kappa shape index (κ2) is 5.38. The minimum absolute atomic E-state index is 0.0891. The summed E-state index contributed by atoms with van der Waals surface area (Å²) in [4.78, 5) is 11.5. The van der Waals surface area contributed by atoms with Crippen LogP contribution in [0.2, 0.25) is 0 Å². The van der Waals surface area contributed by atoms with Crippen molar-refractivity contribution in [2.75, 3.05) is 0 Å². The molecule has 1 atom stereocenters. The lowest BCUT2D eigenvalue weighted by Crippen LogP contribution is -2.01. The molecule has 1 rings (SSSR count). The van der Waals surface area contributed by atoms with Crippen LogP contribution >= 0.6 is 0 Å². The van der Waals surface area contributed by atoms with E-state index in [9.17, 15) is 4.79 Å². The highest BCUT2D eigenvalue weighted by molar-refractivity contribution is 6.06. The van der Waals surface area contributed by atoms with Crippen molar-refractivity contribution < 1.29 is 4.79 Å². The van der Waals surface area contributed by atoms with Crippen LogP contribution < -0.4 is 0 Å². The second-order valence-electron chi connectivity index (χ2n) is 3.48. The Hall–Kier alpha value is -1.37. The van der Waals surface area contributed by atoms with Crippen LogP contribution in [0.15, 0.2) is 48.1 Å². The molecule has 0 aromatic carbocycles. The maximum absolute atomic E-state index is 11.5. The van der Waals surface area contributed by atoms with E-state index in [1.165, 1.54) is 0 Å². The molecule has 1 aliphatic rings. The third kappa shape index (κ3) is 3.17. The SMILES string of the molecule is C/C=C/C=C/C(=O)C1=CC[C@@H](C)C=C1. The van der Waals surface area contributed by atoms with Gasteiger partial charge >= 0.3 is 0 Å². The first-order valence-corrected chi connectivity index (χ1v) is 4.96. The van der Waals surface area contributed by atoms with Crippen LogP contribution in [0.4, 0.5) is 0 Å². The van der Waals surface area contributed by atoms with Gasteiger partial charge in [0.25, 0.3) is 0 Å². The standard InChI is InChI=1S/C13H16O/c1-3-4-5-6-13(14)12-9-7-11(2)8-10-12/h3-7,9-11H,8H2,1-2H3/b4-3+,6-5+/t11-/m0/s1. The molecular weight excluding hydrogens is 172 g/mol. The zero-order chi connectivity index (χ0) is 10.4. The van der Waals surface area contributed by atoms with Crippen molar-refractivity contribution >= 4 is 5.78 Å². The van der Waals surface area contributed by atoms with E-state index in [1.807, 2.05) is 31.2 Å². The maximum Gasteiger partial charge on any atom is 0.185 e. The van der Waals surface area contributed by atoms with E-state index >= 15 is 0 Å². The molecule has 1 heteroatoms. The number of carbonyl (C=O) groups excluding carboxylic acids is 1. The van der Waals surface area contributed by atoms with Gasteiger partial charge in [-0.25, -0.2) is 0 Å². The second-order valence-corrected chi connectivity index (χ2v) is 3.48. The molecule has 0 bridgehead atoms. The lowest BCUT2D eigenvalue weighted by atomic mass is 9.96. The fourth-order valence-corrected chi connectivity index (χ4v) is 1.26. The van der Waals surface area contributed by atoms with Gasteiger partial charge in [0, 0.05) is 5.57 Å². The van der Waals surface area contributed by atoms with Gasteiger partial charge in [-0.1, -0.05) is 43.4 Å². The van der Waals surface area contributed by atoms with Crippen LogP contribution in [0.3, 0.4) is 0 Å². The summed E-state index contributed by atoms with van der Waals surface area (Å²) in [5.74, 6) is 0.650. The van der Waals surface area contributed by atoms with Crippen LogP contribution in [-0.2, 0) is 4.79 Å². The Morgan fingerprint density at radius 2 is 2.29 bits per heavy atom. The van der Waals surface area contributed by atoms with Crippen molar-refractivity contribution in [1.82, 2.24) is 0 Å². The first-order valence-electron chi connectivity index (χ1n) is 4.96. The highest BCUT2D eigenvalue weighted by atomic mass is 16.1. The van der Waals surface area contributed by atoms with Crippen LogP contribution in [-0.4, -0.2) is 5.78 Å². The van der Waals surface area contributed by atoms with Crippen LogP contribution in [0.25, 0.3) is 0 Å². The van der Waals surface area contributed by atoms with E-state index < -0.39 is 0 Å². The van der Waals surface area contributed by atoms with E-state index in [4.69, 9.17) is 0 Å². The van der Waals surface area contributed by atoms with Gasteiger partial charge in [-0.05, 0) is 25.3 Å². The predicted octanol–water partition coefficient (Wildman–Crippen LogP) is 3.21. The van der Waals surface area contributed by atoms with Crippen molar-refractivity contribution in [3.8, 4) is 0 Å². The lowest BCUT2D eigenvalue weighted by molar-refractivity contribution is -0.111. The molecule has 0 spiro atoms. The molecule has 14 heavy (non-hydrogen) atoms. The van der Waals surface area contributed by atoms with E-state index in [2.05, 4.69) is 13.0 Å². The van der Waals surface area contributed by atoms with Gasteiger partial charge in [0.2, 0.25) is 0 Å². The van der Waals surface area contributed by atoms with Crippen LogP contribution in [0.1, 0.15) is 20.3 Å². The Labute approximate surface area is 85.5 Å². The molecule has 0 heterocycles. The normalized spacial score (nSPS) is 21.9. The van der Waals surface area contributed by atoms with Crippen LogP contribution in [0, 0.1) is 5.92 Å². The summed E-state index contributed by atoms with van der Waals surface area (Å²) in [5, 5.41) is 0. The fraction of sp³-hybridized carbons (Fsp3) is 0.308. The molecule has 0 unspecified atom stereocenters. The molecule has 0 aliphatic heterocycles. The molecule has 0 aromatic rings. The average Bonchev–Trinajstić information content (AvgIpc) is 2.19. The van der Waals surface area contributed by atoms with Crippen molar-refractivity contribution in [1.29, 1.82) is 0 Å². The van der Waals surface area contributed by atoms with Gasteiger partial charge in [0.1, 0.15) is 0 Å². The van der Waals surface area contributed by atoms with Gasteiger partial charge in [-0.2, -0.15) is 0 Å². The molecule has 0 amide bonds. The van der Waals surface area contributed by atoms with Crippen molar-refractivity contribution in [3.63, 3.8) is 0 Å². The van der Waals surface area contributed by atoms with E-state index in [0.29, 0.717) is 5.92 Å². The molecule has 1 aliphatic carbocycles. The van der Waals surface area contributed by atoms with E-state index in [-0.39, 0.29) is 5.78 Å². The molecule has 74 valence electrons. The lowest BCUT2D eigenvalue weighted by Gasteiger charge is -2.08. The third-order valence-electron chi connectivity index (χ3n) is 2.15. The maximum atomic E-state index is 11.5. The molecule has 0 saturated heterocycles. The number of hydrogen-bond donors (Lipinski definition) is 0.